The van der Waals surface area contributed by atoms with E-state index in [4.69, 9.17) is 5.73 Å². The molecule has 9 heteroatoms. The second-order valence-corrected chi connectivity index (χ2v) is 12.5. The van der Waals surface area contributed by atoms with Crippen LogP contribution in [0.2, 0.25) is 0 Å². The maximum atomic E-state index is 12.4. The third-order valence-corrected chi connectivity index (χ3v) is 9.52. The fourth-order valence-corrected chi connectivity index (χ4v) is 6.50. The van der Waals surface area contributed by atoms with Crippen LogP contribution in [0, 0.1) is 5.92 Å². The molecule has 4 N–H and O–H groups in total. The zero-order chi connectivity index (χ0) is 27.4. The van der Waals surface area contributed by atoms with Gasteiger partial charge in [-0.25, -0.2) is 12.7 Å². The molecular weight excluding hydrogens is 500 g/mol. The van der Waals surface area contributed by atoms with Gasteiger partial charge < -0.3 is 16.0 Å². The molecule has 1 unspecified atom stereocenters. The predicted octanol–water partition coefficient (Wildman–Crippen LogP) is 4.52. The number of hydrogen-bond donors (Lipinski definition) is 3. The molecule has 8 nitrogen and oxygen atoms in total. The van der Waals surface area contributed by atoms with Gasteiger partial charge in [0.05, 0.1) is 16.8 Å². The van der Waals surface area contributed by atoms with Crippen LogP contribution in [-0.2, 0) is 21.4 Å². The van der Waals surface area contributed by atoms with E-state index in [2.05, 4.69) is 23.3 Å². The van der Waals surface area contributed by atoms with Gasteiger partial charge in [0.2, 0.25) is 15.9 Å². The first-order valence-electron chi connectivity index (χ1n) is 13.4. The van der Waals surface area contributed by atoms with Crippen LogP contribution in [0.15, 0.2) is 42.6 Å². The fourth-order valence-electron chi connectivity index (χ4n) is 5.37. The van der Waals surface area contributed by atoms with Gasteiger partial charge in [-0.1, -0.05) is 38.5 Å². The van der Waals surface area contributed by atoms with Crippen LogP contribution in [0.1, 0.15) is 73.9 Å². The molecule has 3 aromatic rings. The summed E-state index contributed by atoms with van der Waals surface area (Å²) in [7, 11) is -3.20. The number of aromatic nitrogens is 1. The molecule has 204 valence electrons. The Kier molecular flexibility index (Phi) is 8.57. The number of aromatic amines is 1. The third-order valence-electron chi connectivity index (χ3n) is 7.64. The lowest BCUT2D eigenvalue weighted by molar-refractivity contribution is -0.124. The zero-order valence-electron chi connectivity index (χ0n) is 22.4. The SMILES string of the molecule is CCCC(C)C(=O)NCc1cccc(-c2cc(C(N)=O)c3[nH]cc(C4CCN(S(=O)(=O)CC)CC4)c3c2)c1. The summed E-state index contributed by atoms with van der Waals surface area (Å²) in [5, 5.41) is 3.95. The quantitative estimate of drug-likeness (QED) is 0.351. The van der Waals surface area contributed by atoms with Gasteiger partial charge in [0.15, 0.2) is 0 Å². The van der Waals surface area contributed by atoms with E-state index in [1.54, 1.807) is 11.2 Å². The summed E-state index contributed by atoms with van der Waals surface area (Å²) in [6, 6.07) is 11.8. The maximum Gasteiger partial charge on any atom is 0.250 e. The highest BCUT2D eigenvalue weighted by Crippen LogP contribution is 2.37. The van der Waals surface area contributed by atoms with Crippen LogP contribution in [0.3, 0.4) is 0 Å². The van der Waals surface area contributed by atoms with Gasteiger partial charge in [-0.15, -0.1) is 0 Å². The molecule has 2 amide bonds. The van der Waals surface area contributed by atoms with E-state index in [1.807, 2.05) is 43.5 Å². The average Bonchev–Trinajstić information content (AvgIpc) is 3.35. The molecule has 0 radical (unpaired) electrons. The van der Waals surface area contributed by atoms with Crippen molar-refractivity contribution in [1.82, 2.24) is 14.6 Å². The number of primary amides is 1. The minimum absolute atomic E-state index is 0.0235. The largest absolute Gasteiger partial charge is 0.366 e. The minimum atomic E-state index is -3.20. The fraction of sp³-hybridized carbons (Fsp3) is 0.448. The molecule has 0 aliphatic carbocycles. The van der Waals surface area contributed by atoms with Gasteiger partial charge in [-0.05, 0) is 72.6 Å². The van der Waals surface area contributed by atoms with E-state index in [0.29, 0.717) is 43.6 Å². The predicted molar refractivity (Wildman–Crippen MR) is 151 cm³/mol. The van der Waals surface area contributed by atoms with E-state index in [9.17, 15) is 18.0 Å². The Morgan fingerprint density at radius 3 is 2.53 bits per heavy atom. The van der Waals surface area contributed by atoms with Crippen LogP contribution in [0.5, 0.6) is 0 Å². The molecule has 0 bridgehead atoms. The van der Waals surface area contributed by atoms with Crippen LogP contribution in [0.4, 0.5) is 0 Å². The number of carbonyl (C=O) groups is 2. The zero-order valence-corrected chi connectivity index (χ0v) is 23.2. The van der Waals surface area contributed by atoms with Gasteiger partial charge in [0.25, 0.3) is 5.91 Å². The standard InChI is InChI=1S/C29H38N4O4S/c1-4-7-19(3)29(35)32-17-20-8-6-9-22(14-20)23-15-24-26(18-31-27(24)25(16-23)28(30)34)21-10-12-33(13-11-21)38(36,37)5-2/h6,8-9,14-16,18-19,21,31H,4-5,7,10-13,17H2,1-3H3,(H2,30,34)(H,32,35). The first kappa shape index (κ1) is 27.9. The van der Waals surface area contributed by atoms with Crippen molar-refractivity contribution in [2.24, 2.45) is 11.7 Å². The molecule has 1 aromatic heterocycles. The first-order chi connectivity index (χ1) is 18.1. The average molecular weight is 539 g/mol. The Morgan fingerprint density at radius 1 is 1.13 bits per heavy atom. The van der Waals surface area contributed by atoms with E-state index in [1.165, 1.54) is 0 Å². The number of amides is 2. The summed E-state index contributed by atoms with van der Waals surface area (Å²) in [4.78, 5) is 28.0. The summed E-state index contributed by atoms with van der Waals surface area (Å²) in [6.07, 6.45) is 5.18. The van der Waals surface area contributed by atoms with E-state index < -0.39 is 15.9 Å². The van der Waals surface area contributed by atoms with Gasteiger partial charge in [-0.3, -0.25) is 9.59 Å². The molecule has 1 atom stereocenters. The smallest absolute Gasteiger partial charge is 0.250 e. The first-order valence-corrected chi connectivity index (χ1v) is 15.0. The summed E-state index contributed by atoms with van der Waals surface area (Å²) in [5.41, 5.74) is 10.7. The molecule has 1 aliphatic heterocycles. The van der Waals surface area contributed by atoms with Crippen molar-refractivity contribution in [1.29, 1.82) is 0 Å². The maximum absolute atomic E-state index is 12.4. The van der Waals surface area contributed by atoms with Gasteiger partial charge >= 0.3 is 0 Å². The summed E-state index contributed by atoms with van der Waals surface area (Å²) in [5.74, 6) is -0.206. The Balaban J connectivity index is 1.62. The summed E-state index contributed by atoms with van der Waals surface area (Å²) < 4.78 is 26.2. The molecule has 0 saturated carbocycles. The Morgan fingerprint density at radius 2 is 1.87 bits per heavy atom. The Labute approximate surface area is 225 Å². The number of fused-ring (bicyclic) bond motifs is 1. The molecular formula is C29H38N4O4S. The lowest BCUT2D eigenvalue weighted by atomic mass is 9.88. The highest BCUT2D eigenvalue weighted by molar-refractivity contribution is 7.89. The summed E-state index contributed by atoms with van der Waals surface area (Å²) in [6.45, 7) is 7.09. The number of benzene rings is 2. The highest BCUT2D eigenvalue weighted by atomic mass is 32.2. The number of nitrogens with two attached hydrogens (primary N) is 1. The number of nitrogens with zero attached hydrogens (tertiary/aromatic N) is 1. The molecule has 4 rings (SSSR count). The van der Waals surface area contributed by atoms with Crippen LogP contribution in [0.25, 0.3) is 22.0 Å². The van der Waals surface area contributed by atoms with Crippen molar-refractivity contribution < 1.29 is 18.0 Å². The third kappa shape index (κ3) is 5.94. The number of rotatable bonds is 10. The van der Waals surface area contributed by atoms with Crippen molar-refractivity contribution in [2.75, 3.05) is 18.8 Å². The number of hydrogen-bond acceptors (Lipinski definition) is 4. The molecule has 1 aliphatic rings. The molecule has 1 fully saturated rings. The van der Waals surface area contributed by atoms with Crippen molar-refractivity contribution >= 4 is 32.7 Å². The Hall–Kier alpha value is -3.17. The molecule has 0 spiro atoms. The van der Waals surface area contributed by atoms with E-state index in [-0.39, 0.29) is 23.5 Å². The van der Waals surface area contributed by atoms with E-state index in [0.717, 1.165) is 40.5 Å². The second kappa shape index (κ2) is 11.7. The normalized spacial score (nSPS) is 16.0. The van der Waals surface area contributed by atoms with Crippen molar-refractivity contribution in [2.45, 2.75) is 58.9 Å². The number of sulfonamides is 1. The summed E-state index contributed by atoms with van der Waals surface area (Å²) >= 11 is 0. The molecule has 2 aromatic carbocycles. The van der Waals surface area contributed by atoms with Crippen LogP contribution < -0.4 is 11.1 Å². The molecule has 2 heterocycles. The minimum Gasteiger partial charge on any atom is -0.366 e. The van der Waals surface area contributed by atoms with Crippen molar-refractivity contribution in [3.8, 4) is 11.1 Å². The topological polar surface area (TPSA) is 125 Å². The molecule has 38 heavy (non-hydrogen) atoms. The van der Waals surface area contributed by atoms with Crippen LogP contribution >= 0.6 is 0 Å². The molecule has 1 saturated heterocycles. The number of H-pyrrole nitrogens is 1. The lowest BCUT2D eigenvalue weighted by Gasteiger charge is -2.31. The van der Waals surface area contributed by atoms with Crippen LogP contribution in [-0.4, -0.2) is 48.4 Å². The Bertz CT molecular complexity index is 1420. The van der Waals surface area contributed by atoms with Crippen molar-refractivity contribution in [3.05, 3.63) is 59.3 Å². The number of piperidine rings is 1. The number of carbonyl (C=O) groups excluding carboxylic acids is 2. The lowest BCUT2D eigenvalue weighted by Crippen LogP contribution is -2.38. The number of nitrogens with one attached hydrogen (secondary N) is 2. The van der Waals surface area contributed by atoms with Gasteiger partial charge in [0.1, 0.15) is 0 Å². The van der Waals surface area contributed by atoms with Gasteiger partial charge in [-0.2, -0.15) is 0 Å². The van der Waals surface area contributed by atoms with E-state index >= 15 is 0 Å². The van der Waals surface area contributed by atoms with Gasteiger partial charge in [0, 0.05) is 37.1 Å². The second-order valence-electron chi connectivity index (χ2n) is 10.2. The monoisotopic (exact) mass is 538 g/mol. The van der Waals surface area contributed by atoms with Crippen molar-refractivity contribution in [3.63, 3.8) is 0 Å². The highest BCUT2D eigenvalue weighted by Gasteiger charge is 2.29.